The van der Waals surface area contributed by atoms with Crippen molar-refractivity contribution in [3.05, 3.63) is 11.6 Å². The van der Waals surface area contributed by atoms with Crippen LogP contribution in [0.4, 0.5) is 0 Å². The van der Waals surface area contributed by atoms with E-state index in [1.165, 1.54) is 12.5 Å². The number of aliphatic hydroxyl groups excluding tert-OH is 2. The van der Waals surface area contributed by atoms with Gasteiger partial charge in [-0.3, -0.25) is 9.59 Å². The highest BCUT2D eigenvalue weighted by atomic mass is 16.6. The molecule has 12 atom stereocenters. The lowest BCUT2D eigenvalue weighted by Crippen LogP contribution is -2.68. The molecule has 0 radical (unpaired) electrons. The molecule has 0 aliphatic heterocycles. The summed E-state index contributed by atoms with van der Waals surface area (Å²) in [5, 5.41) is 32.6. The Balaban J connectivity index is 1.62. The first kappa shape index (κ1) is 28.1. The summed E-state index contributed by atoms with van der Waals surface area (Å²) in [5.41, 5.74) is -0.414. The third-order valence-corrected chi connectivity index (χ3v) is 13.8. The number of ether oxygens (including phenoxy) is 1. The van der Waals surface area contributed by atoms with E-state index in [4.69, 9.17) is 4.74 Å². The maximum Gasteiger partial charge on any atom is 0.310 e. The molecule has 6 heteroatoms. The lowest BCUT2D eigenvalue weighted by molar-refractivity contribution is -0.248. The minimum absolute atomic E-state index is 0.0488. The molecule has 6 nitrogen and oxygen atoms in total. The molecule has 0 saturated heterocycles. The molecule has 4 fully saturated rings. The molecular weight excluding hydrogens is 480 g/mol. The number of carboxylic acid groups (broad SMARTS) is 1. The van der Waals surface area contributed by atoms with Gasteiger partial charge in [0.05, 0.1) is 18.1 Å². The maximum atomic E-state index is 12.9. The van der Waals surface area contributed by atoms with Crippen LogP contribution < -0.4 is 0 Å². The Bertz CT molecular complexity index is 1040. The van der Waals surface area contributed by atoms with Crippen LogP contribution in [-0.2, 0) is 14.3 Å². The molecule has 5 aliphatic rings. The first-order valence-corrected chi connectivity index (χ1v) is 15.0. The topological polar surface area (TPSA) is 104 Å². The van der Waals surface area contributed by atoms with Crippen LogP contribution in [0.15, 0.2) is 11.6 Å². The lowest BCUT2D eigenvalue weighted by Gasteiger charge is -2.71. The Morgan fingerprint density at radius 2 is 1.71 bits per heavy atom. The Labute approximate surface area is 228 Å². The third-order valence-electron chi connectivity index (χ3n) is 13.8. The minimum atomic E-state index is -0.903. The molecule has 5 aliphatic carbocycles. The van der Waals surface area contributed by atoms with Gasteiger partial charge in [0.1, 0.15) is 6.10 Å². The number of carbonyl (C=O) groups excluding carboxylic acids is 1. The second-order valence-corrected chi connectivity index (χ2v) is 15.1. The van der Waals surface area contributed by atoms with Gasteiger partial charge < -0.3 is 20.1 Å². The van der Waals surface area contributed by atoms with E-state index in [2.05, 4.69) is 40.7 Å². The summed E-state index contributed by atoms with van der Waals surface area (Å²) in [6, 6.07) is 0. The zero-order valence-electron chi connectivity index (χ0n) is 24.5. The van der Waals surface area contributed by atoms with Gasteiger partial charge in [-0.25, -0.2) is 0 Å². The van der Waals surface area contributed by atoms with E-state index in [9.17, 15) is 24.9 Å². The molecule has 38 heavy (non-hydrogen) atoms. The summed E-state index contributed by atoms with van der Waals surface area (Å²) in [5.74, 6) is 0.274. The monoisotopic (exact) mass is 530 g/mol. The summed E-state index contributed by atoms with van der Waals surface area (Å²) in [6.07, 6.45) is 7.57. The first-order chi connectivity index (χ1) is 17.6. The van der Waals surface area contributed by atoms with Gasteiger partial charge in [0, 0.05) is 12.3 Å². The van der Waals surface area contributed by atoms with Gasteiger partial charge in [-0.15, -0.1) is 0 Å². The van der Waals surface area contributed by atoms with Gasteiger partial charge in [-0.05, 0) is 97.2 Å². The molecule has 3 N–H and O–H groups in total. The fourth-order valence-corrected chi connectivity index (χ4v) is 11.3. The van der Waals surface area contributed by atoms with E-state index in [0.717, 1.165) is 44.9 Å². The van der Waals surface area contributed by atoms with Gasteiger partial charge in [0.25, 0.3) is 0 Å². The van der Waals surface area contributed by atoms with Gasteiger partial charge in [0.15, 0.2) is 0 Å². The molecule has 4 saturated carbocycles. The average molecular weight is 531 g/mol. The molecular formula is C32H50O6. The van der Waals surface area contributed by atoms with Crippen molar-refractivity contribution in [1.29, 1.82) is 0 Å². The molecule has 3 unspecified atom stereocenters. The van der Waals surface area contributed by atoms with E-state index in [1.54, 1.807) is 0 Å². The normalized spacial score (nSPS) is 53.9. The summed E-state index contributed by atoms with van der Waals surface area (Å²) in [6.45, 7) is 15.0. The summed E-state index contributed by atoms with van der Waals surface area (Å²) >= 11 is 0. The molecule has 0 bridgehead atoms. The highest BCUT2D eigenvalue weighted by molar-refractivity contribution is 5.76. The number of rotatable bonds is 3. The Hall–Kier alpha value is -1.40. The number of esters is 1. The van der Waals surface area contributed by atoms with Crippen LogP contribution in [-0.4, -0.2) is 46.1 Å². The fourth-order valence-electron chi connectivity index (χ4n) is 11.3. The van der Waals surface area contributed by atoms with E-state index >= 15 is 0 Å². The zero-order valence-corrected chi connectivity index (χ0v) is 24.5. The second kappa shape index (κ2) is 8.80. The van der Waals surface area contributed by atoms with Gasteiger partial charge in [0.2, 0.25) is 0 Å². The number of aliphatic hydroxyl groups is 2. The molecule has 5 rings (SSSR count). The molecule has 0 heterocycles. The summed E-state index contributed by atoms with van der Waals surface area (Å²) < 4.78 is 5.71. The fraction of sp³-hybridized carbons (Fsp3) is 0.875. The van der Waals surface area contributed by atoms with Crippen molar-refractivity contribution in [2.45, 2.75) is 112 Å². The standard InChI is InChI=1S/C32H50O6/c1-18-10-13-32(27(36)37)15-14-30(6)21(25(32)19(18)2)8-9-24-28(4)16-22(38-20(3)34)26(35)29(5,17-33)23(28)11-12-31(24,30)7/h8,18-19,22-26,33,35H,9-17H2,1-7H3,(H,36,37)/t18-,19+,22-,23?,24?,25?,26+,28+,29+,30-,31-,32+/m1/s1. The van der Waals surface area contributed by atoms with Crippen LogP contribution >= 0.6 is 0 Å². The van der Waals surface area contributed by atoms with Crippen LogP contribution in [0.2, 0.25) is 0 Å². The zero-order chi connectivity index (χ0) is 28.1. The SMILES string of the molecule is CC(=O)O[C@@H]1C[C@@]2(C)C(CC[C@]3(C)C2CC=C2C4[C@@H](C)[C@H](C)CC[C@]4(C(=O)O)CC[C@]23C)[C@](C)(CO)[C@H]1O. The van der Waals surface area contributed by atoms with Crippen LogP contribution in [0.3, 0.4) is 0 Å². The smallest absolute Gasteiger partial charge is 0.310 e. The van der Waals surface area contributed by atoms with Crippen molar-refractivity contribution < 1.29 is 29.6 Å². The number of hydrogen-bond donors (Lipinski definition) is 3. The maximum absolute atomic E-state index is 12.9. The molecule has 0 aromatic carbocycles. The molecule has 0 aromatic heterocycles. The van der Waals surface area contributed by atoms with Crippen LogP contribution in [0.5, 0.6) is 0 Å². The second-order valence-electron chi connectivity index (χ2n) is 15.1. The number of aliphatic carboxylic acids is 1. The number of carboxylic acids is 1. The van der Waals surface area contributed by atoms with Crippen molar-refractivity contribution in [3.8, 4) is 0 Å². The quantitative estimate of drug-likeness (QED) is 0.324. The molecule has 0 spiro atoms. The van der Waals surface area contributed by atoms with Crippen molar-refractivity contribution in [1.82, 2.24) is 0 Å². The number of carbonyl (C=O) groups is 2. The van der Waals surface area contributed by atoms with E-state index in [-0.39, 0.29) is 40.6 Å². The average Bonchev–Trinajstić information content (AvgIpc) is 2.84. The lowest BCUT2D eigenvalue weighted by atomic mass is 9.33. The molecule has 0 aromatic rings. The van der Waals surface area contributed by atoms with Crippen molar-refractivity contribution in [2.75, 3.05) is 6.61 Å². The highest BCUT2D eigenvalue weighted by Crippen LogP contribution is 2.75. The molecule has 0 amide bonds. The Morgan fingerprint density at radius 1 is 1.03 bits per heavy atom. The predicted octanol–water partition coefficient (Wildman–Crippen LogP) is 5.60. The van der Waals surface area contributed by atoms with Crippen molar-refractivity contribution in [2.24, 2.45) is 56.7 Å². The van der Waals surface area contributed by atoms with Gasteiger partial charge in [-0.1, -0.05) is 53.2 Å². The predicted molar refractivity (Wildman–Crippen MR) is 145 cm³/mol. The van der Waals surface area contributed by atoms with E-state index in [0.29, 0.717) is 18.3 Å². The third kappa shape index (κ3) is 3.37. The van der Waals surface area contributed by atoms with Crippen LogP contribution in [0, 0.1) is 56.7 Å². The van der Waals surface area contributed by atoms with Crippen molar-refractivity contribution >= 4 is 11.9 Å². The van der Waals surface area contributed by atoms with Crippen LogP contribution in [0.1, 0.15) is 99.8 Å². The first-order valence-electron chi connectivity index (χ1n) is 15.0. The Morgan fingerprint density at radius 3 is 2.32 bits per heavy atom. The highest BCUT2D eigenvalue weighted by Gasteiger charge is 2.71. The van der Waals surface area contributed by atoms with E-state index in [1.807, 2.05) is 6.92 Å². The number of allylic oxidation sites excluding steroid dienone is 2. The minimum Gasteiger partial charge on any atom is -0.481 e. The molecule has 214 valence electrons. The number of fused-ring (bicyclic) bond motifs is 7. The van der Waals surface area contributed by atoms with E-state index < -0.39 is 35.0 Å². The van der Waals surface area contributed by atoms with Crippen LogP contribution in [0.25, 0.3) is 0 Å². The summed E-state index contributed by atoms with van der Waals surface area (Å²) in [7, 11) is 0. The van der Waals surface area contributed by atoms with Gasteiger partial charge >= 0.3 is 11.9 Å². The number of hydrogen-bond acceptors (Lipinski definition) is 5. The Kier molecular flexibility index (Phi) is 6.52. The largest absolute Gasteiger partial charge is 0.481 e. The summed E-state index contributed by atoms with van der Waals surface area (Å²) in [4.78, 5) is 24.9. The van der Waals surface area contributed by atoms with Crippen molar-refractivity contribution in [3.63, 3.8) is 0 Å². The van der Waals surface area contributed by atoms with Gasteiger partial charge in [-0.2, -0.15) is 0 Å².